The Morgan fingerprint density at radius 2 is 2.44 bits per heavy atom. The number of nitrogens with one attached hydrogen (secondary N) is 3. The SMILES string of the molecule is C=CCNC(=O)C1CNNC1c1cccc(Br)c1. The Bertz CT molecular complexity index is 450. The summed E-state index contributed by atoms with van der Waals surface area (Å²) in [6, 6.07) is 7.98. The van der Waals surface area contributed by atoms with Crippen LogP contribution in [0, 0.1) is 5.92 Å². The van der Waals surface area contributed by atoms with Gasteiger partial charge in [0.05, 0.1) is 12.0 Å². The monoisotopic (exact) mass is 309 g/mol. The highest BCUT2D eigenvalue weighted by atomic mass is 79.9. The van der Waals surface area contributed by atoms with Crippen LogP contribution in [0.2, 0.25) is 0 Å². The Morgan fingerprint density at radius 1 is 1.61 bits per heavy atom. The Hall–Kier alpha value is -1.17. The van der Waals surface area contributed by atoms with Crippen LogP contribution in [-0.2, 0) is 4.79 Å². The quantitative estimate of drug-likeness (QED) is 0.739. The molecule has 1 amide bonds. The summed E-state index contributed by atoms with van der Waals surface area (Å²) in [5.74, 6) is -0.0726. The van der Waals surface area contributed by atoms with Crippen molar-refractivity contribution in [2.24, 2.45) is 5.92 Å². The molecular formula is C13H16BrN3O. The minimum atomic E-state index is -0.112. The lowest BCUT2D eigenvalue weighted by Gasteiger charge is -2.18. The van der Waals surface area contributed by atoms with Crippen molar-refractivity contribution in [3.8, 4) is 0 Å². The van der Waals surface area contributed by atoms with Gasteiger partial charge in [0.15, 0.2) is 0 Å². The predicted molar refractivity (Wildman–Crippen MR) is 74.7 cm³/mol. The van der Waals surface area contributed by atoms with Crippen LogP contribution in [0.1, 0.15) is 11.6 Å². The fourth-order valence-electron chi connectivity index (χ4n) is 2.06. The number of halogens is 1. The van der Waals surface area contributed by atoms with Gasteiger partial charge in [0.1, 0.15) is 0 Å². The molecule has 1 aromatic rings. The van der Waals surface area contributed by atoms with E-state index in [-0.39, 0.29) is 17.9 Å². The van der Waals surface area contributed by atoms with Gasteiger partial charge < -0.3 is 5.32 Å². The van der Waals surface area contributed by atoms with Gasteiger partial charge in [0, 0.05) is 17.6 Å². The van der Waals surface area contributed by atoms with Gasteiger partial charge >= 0.3 is 0 Å². The molecule has 0 aromatic heterocycles. The molecule has 0 aliphatic carbocycles. The zero-order valence-electron chi connectivity index (χ0n) is 9.95. The lowest BCUT2D eigenvalue weighted by Crippen LogP contribution is -2.35. The Balaban J connectivity index is 2.12. The zero-order chi connectivity index (χ0) is 13.0. The minimum absolute atomic E-state index is 0.00712. The summed E-state index contributed by atoms with van der Waals surface area (Å²) >= 11 is 3.45. The maximum atomic E-state index is 12.0. The van der Waals surface area contributed by atoms with E-state index < -0.39 is 0 Å². The van der Waals surface area contributed by atoms with Crippen LogP contribution >= 0.6 is 15.9 Å². The standard InChI is InChI=1S/C13H16BrN3O/c1-2-6-15-13(18)11-8-16-17-12(11)9-4-3-5-10(14)7-9/h2-5,7,11-12,16-17H,1,6,8H2,(H,15,18). The summed E-state index contributed by atoms with van der Waals surface area (Å²) in [6.45, 7) is 4.72. The van der Waals surface area contributed by atoms with Crippen molar-refractivity contribution < 1.29 is 4.79 Å². The number of benzene rings is 1. The molecule has 5 heteroatoms. The van der Waals surface area contributed by atoms with Gasteiger partial charge in [-0.15, -0.1) is 6.58 Å². The first-order valence-electron chi connectivity index (χ1n) is 5.85. The second-order valence-corrected chi connectivity index (χ2v) is 5.11. The first-order chi connectivity index (χ1) is 8.72. The number of hydrogen-bond donors (Lipinski definition) is 3. The van der Waals surface area contributed by atoms with Gasteiger partial charge in [-0.05, 0) is 17.7 Å². The molecule has 4 nitrogen and oxygen atoms in total. The molecule has 1 aliphatic heterocycles. The number of hydrazine groups is 1. The van der Waals surface area contributed by atoms with Gasteiger partial charge in [-0.3, -0.25) is 10.2 Å². The van der Waals surface area contributed by atoms with Crippen LogP contribution < -0.4 is 16.2 Å². The molecule has 2 rings (SSSR count). The number of amides is 1. The average molecular weight is 310 g/mol. The van der Waals surface area contributed by atoms with E-state index in [0.717, 1.165) is 10.0 Å². The van der Waals surface area contributed by atoms with Gasteiger partial charge in [-0.1, -0.05) is 34.1 Å². The van der Waals surface area contributed by atoms with E-state index in [9.17, 15) is 4.79 Å². The second-order valence-electron chi connectivity index (χ2n) is 4.20. The van der Waals surface area contributed by atoms with E-state index in [1.54, 1.807) is 6.08 Å². The van der Waals surface area contributed by atoms with Gasteiger partial charge in [-0.2, -0.15) is 0 Å². The molecule has 2 unspecified atom stereocenters. The third-order valence-corrected chi connectivity index (χ3v) is 3.44. The third kappa shape index (κ3) is 2.98. The van der Waals surface area contributed by atoms with Crippen molar-refractivity contribution in [1.82, 2.24) is 16.2 Å². The van der Waals surface area contributed by atoms with Crippen LogP contribution in [0.25, 0.3) is 0 Å². The number of carbonyl (C=O) groups is 1. The van der Waals surface area contributed by atoms with E-state index >= 15 is 0 Å². The molecule has 3 N–H and O–H groups in total. The molecule has 96 valence electrons. The second kappa shape index (κ2) is 6.13. The lowest BCUT2D eigenvalue weighted by molar-refractivity contribution is -0.124. The Morgan fingerprint density at radius 3 is 3.17 bits per heavy atom. The number of hydrogen-bond acceptors (Lipinski definition) is 3. The van der Waals surface area contributed by atoms with E-state index in [1.807, 2.05) is 24.3 Å². The molecule has 18 heavy (non-hydrogen) atoms. The summed E-state index contributed by atoms with van der Waals surface area (Å²) in [5.41, 5.74) is 7.29. The van der Waals surface area contributed by atoms with Crippen LogP contribution in [0.15, 0.2) is 41.4 Å². The van der Waals surface area contributed by atoms with Crippen molar-refractivity contribution in [1.29, 1.82) is 0 Å². The minimum Gasteiger partial charge on any atom is -0.352 e. The predicted octanol–water partition coefficient (Wildman–Crippen LogP) is 1.52. The topological polar surface area (TPSA) is 53.2 Å². The molecule has 1 aromatic carbocycles. The summed E-state index contributed by atoms with van der Waals surface area (Å²) in [4.78, 5) is 12.0. The highest BCUT2D eigenvalue weighted by Gasteiger charge is 2.33. The van der Waals surface area contributed by atoms with E-state index in [1.165, 1.54) is 0 Å². The van der Waals surface area contributed by atoms with Crippen LogP contribution in [0.5, 0.6) is 0 Å². The largest absolute Gasteiger partial charge is 0.352 e. The zero-order valence-corrected chi connectivity index (χ0v) is 11.5. The van der Waals surface area contributed by atoms with Crippen molar-refractivity contribution >= 4 is 21.8 Å². The van der Waals surface area contributed by atoms with Crippen LogP contribution in [-0.4, -0.2) is 19.0 Å². The average Bonchev–Trinajstić information content (AvgIpc) is 2.85. The number of rotatable bonds is 4. The van der Waals surface area contributed by atoms with Crippen LogP contribution in [0.4, 0.5) is 0 Å². The highest BCUT2D eigenvalue weighted by Crippen LogP contribution is 2.26. The highest BCUT2D eigenvalue weighted by molar-refractivity contribution is 9.10. The van der Waals surface area contributed by atoms with E-state index in [4.69, 9.17) is 0 Å². The van der Waals surface area contributed by atoms with Gasteiger partial charge in [0.2, 0.25) is 5.91 Å². The maximum absolute atomic E-state index is 12.0. The maximum Gasteiger partial charge on any atom is 0.226 e. The van der Waals surface area contributed by atoms with Crippen molar-refractivity contribution in [3.63, 3.8) is 0 Å². The van der Waals surface area contributed by atoms with Crippen molar-refractivity contribution in [2.45, 2.75) is 6.04 Å². The summed E-state index contributed by atoms with van der Waals surface area (Å²) in [7, 11) is 0. The van der Waals surface area contributed by atoms with Gasteiger partial charge in [-0.25, -0.2) is 5.43 Å². The normalized spacial score (nSPS) is 22.7. The molecule has 1 saturated heterocycles. The fourth-order valence-corrected chi connectivity index (χ4v) is 2.48. The Kier molecular flexibility index (Phi) is 4.52. The number of carbonyl (C=O) groups excluding carboxylic acids is 1. The first kappa shape index (κ1) is 13.3. The van der Waals surface area contributed by atoms with Crippen molar-refractivity contribution in [2.75, 3.05) is 13.1 Å². The molecule has 1 aliphatic rings. The van der Waals surface area contributed by atoms with Crippen LogP contribution in [0.3, 0.4) is 0 Å². The van der Waals surface area contributed by atoms with E-state index in [0.29, 0.717) is 13.1 Å². The molecular weight excluding hydrogens is 294 g/mol. The molecule has 1 fully saturated rings. The molecule has 1 heterocycles. The summed E-state index contributed by atoms with van der Waals surface area (Å²) in [6.07, 6.45) is 1.68. The lowest BCUT2D eigenvalue weighted by atomic mass is 9.94. The summed E-state index contributed by atoms with van der Waals surface area (Å²) < 4.78 is 1.01. The van der Waals surface area contributed by atoms with Crippen molar-refractivity contribution in [3.05, 3.63) is 47.0 Å². The molecule has 0 bridgehead atoms. The third-order valence-electron chi connectivity index (χ3n) is 2.95. The van der Waals surface area contributed by atoms with E-state index in [2.05, 4.69) is 38.7 Å². The molecule has 0 spiro atoms. The molecule has 0 saturated carbocycles. The van der Waals surface area contributed by atoms with Gasteiger partial charge in [0.25, 0.3) is 0 Å². The molecule has 0 radical (unpaired) electrons. The summed E-state index contributed by atoms with van der Waals surface area (Å²) in [5, 5.41) is 2.84. The Labute approximate surface area is 115 Å². The fraction of sp³-hybridized carbons (Fsp3) is 0.308. The molecule has 2 atom stereocenters. The first-order valence-corrected chi connectivity index (χ1v) is 6.64. The smallest absolute Gasteiger partial charge is 0.226 e.